The molecule has 0 aliphatic rings. The number of furan rings is 1. The molecule has 0 fully saturated rings. The molecule has 1 aromatic heterocycles. The molecule has 2 rings (SSSR count). The van der Waals surface area contributed by atoms with Crippen molar-refractivity contribution in [2.24, 2.45) is 0 Å². The second-order valence-corrected chi connectivity index (χ2v) is 4.77. The molecule has 1 N–H and O–H groups in total. The maximum Gasteiger partial charge on any atom is 0.135 e. The molecule has 0 saturated carbocycles. The second-order valence-electron chi connectivity index (χ2n) is 3.92. The van der Waals surface area contributed by atoms with Crippen LogP contribution in [0.4, 0.5) is 0 Å². The summed E-state index contributed by atoms with van der Waals surface area (Å²) in [6, 6.07) is 7.02. The predicted octanol–water partition coefficient (Wildman–Crippen LogP) is 4.17. The monoisotopic (exact) mass is 270 g/mol. The largest absolute Gasteiger partial charge is 0.466 e. The molecule has 1 heterocycles. The van der Waals surface area contributed by atoms with Crippen molar-refractivity contribution in [3.63, 3.8) is 0 Å². The second kappa shape index (κ2) is 5.13. The fraction of sp³-hybridized carbons (Fsp3) is 0.231. The Morgan fingerprint density at radius 3 is 2.71 bits per heavy atom. The summed E-state index contributed by atoms with van der Waals surface area (Å²) in [5.74, 6) is 0.570. The predicted molar refractivity (Wildman–Crippen MR) is 68.6 cm³/mol. The van der Waals surface area contributed by atoms with E-state index in [2.05, 4.69) is 0 Å². The van der Waals surface area contributed by atoms with Crippen LogP contribution in [0, 0.1) is 6.92 Å². The van der Waals surface area contributed by atoms with Crippen molar-refractivity contribution in [3.05, 3.63) is 57.5 Å². The lowest BCUT2D eigenvalue weighted by Crippen LogP contribution is -2.02. The minimum Gasteiger partial charge on any atom is -0.466 e. The minimum absolute atomic E-state index is 0.383. The van der Waals surface area contributed by atoms with Crippen LogP contribution in [0.2, 0.25) is 10.0 Å². The Bertz CT molecular complexity index is 520. The highest BCUT2D eigenvalue weighted by atomic mass is 35.5. The number of benzene rings is 1. The number of aliphatic hydroxyl groups is 1. The third-order valence-corrected chi connectivity index (χ3v) is 3.23. The molecule has 0 amide bonds. The summed E-state index contributed by atoms with van der Waals surface area (Å²) < 4.78 is 5.24. The summed E-state index contributed by atoms with van der Waals surface area (Å²) in [7, 11) is 0. The molecule has 1 atom stereocenters. The quantitative estimate of drug-likeness (QED) is 0.908. The topological polar surface area (TPSA) is 33.4 Å². The Labute approximate surface area is 110 Å². The van der Waals surface area contributed by atoms with Gasteiger partial charge in [-0.15, -0.1) is 0 Å². The van der Waals surface area contributed by atoms with E-state index in [9.17, 15) is 5.11 Å². The summed E-state index contributed by atoms with van der Waals surface area (Å²) in [5, 5.41) is 11.3. The van der Waals surface area contributed by atoms with Crippen molar-refractivity contribution < 1.29 is 9.52 Å². The van der Waals surface area contributed by atoms with Gasteiger partial charge in [-0.25, -0.2) is 0 Å². The zero-order valence-electron chi connectivity index (χ0n) is 9.28. The van der Waals surface area contributed by atoms with Gasteiger partial charge < -0.3 is 9.52 Å². The molecule has 0 bridgehead atoms. The number of rotatable bonds is 3. The van der Waals surface area contributed by atoms with Gasteiger partial charge in [-0.3, -0.25) is 0 Å². The number of aliphatic hydroxyl groups excluding tert-OH is 1. The first-order valence-corrected chi connectivity index (χ1v) is 5.99. The number of halogens is 2. The fourth-order valence-electron chi connectivity index (χ4n) is 1.73. The zero-order chi connectivity index (χ0) is 12.4. The molecule has 4 heteroatoms. The summed E-state index contributed by atoms with van der Waals surface area (Å²) in [6.45, 7) is 1.89. The molecule has 2 aromatic rings. The molecule has 0 radical (unpaired) electrons. The summed E-state index contributed by atoms with van der Waals surface area (Å²) >= 11 is 11.9. The van der Waals surface area contributed by atoms with Crippen molar-refractivity contribution in [1.82, 2.24) is 0 Å². The summed E-state index contributed by atoms with van der Waals surface area (Å²) in [4.78, 5) is 0. The first-order valence-electron chi connectivity index (χ1n) is 5.24. The number of hydrogen-bond acceptors (Lipinski definition) is 2. The van der Waals surface area contributed by atoms with Crippen LogP contribution >= 0.6 is 23.2 Å². The summed E-state index contributed by atoms with van der Waals surface area (Å²) in [6.07, 6.45) is 1.24. The van der Waals surface area contributed by atoms with Gasteiger partial charge in [-0.2, -0.15) is 0 Å². The Morgan fingerprint density at radius 2 is 2.06 bits per heavy atom. The van der Waals surface area contributed by atoms with E-state index >= 15 is 0 Å². The maximum absolute atomic E-state index is 10.1. The van der Waals surface area contributed by atoms with Gasteiger partial charge in [0.2, 0.25) is 0 Å². The van der Waals surface area contributed by atoms with Gasteiger partial charge in [0.05, 0.1) is 6.26 Å². The molecule has 1 aromatic carbocycles. The van der Waals surface area contributed by atoms with E-state index < -0.39 is 6.10 Å². The smallest absolute Gasteiger partial charge is 0.135 e. The first kappa shape index (κ1) is 12.5. The van der Waals surface area contributed by atoms with Gasteiger partial charge in [0.25, 0.3) is 0 Å². The third kappa shape index (κ3) is 2.83. The Morgan fingerprint density at radius 1 is 1.29 bits per heavy atom. The van der Waals surface area contributed by atoms with E-state index in [4.69, 9.17) is 27.6 Å². The third-order valence-electron chi connectivity index (χ3n) is 2.63. The molecule has 0 spiro atoms. The normalized spacial score (nSPS) is 12.7. The first-order chi connectivity index (χ1) is 8.08. The molecule has 90 valence electrons. The van der Waals surface area contributed by atoms with Crippen molar-refractivity contribution in [3.8, 4) is 0 Å². The van der Waals surface area contributed by atoms with Crippen LogP contribution in [0.5, 0.6) is 0 Å². The van der Waals surface area contributed by atoms with Gasteiger partial charge in [-0.05, 0) is 42.3 Å². The van der Waals surface area contributed by atoms with Crippen molar-refractivity contribution in [1.29, 1.82) is 0 Å². The molecular weight excluding hydrogens is 259 g/mol. The lowest BCUT2D eigenvalue weighted by atomic mass is 10.0. The van der Waals surface area contributed by atoms with E-state index in [1.807, 2.05) is 13.0 Å². The standard InChI is InChI=1S/C13H12Cl2O2/c1-8-4-5-17-13(8)12(16)7-9-6-10(14)2-3-11(9)15/h2-6,12,16H,7H2,1H3. The summed E-state index contributed by atoms with van der Waals surface area (Å²) in [5.41, 5.74) is 1.73. The van der Waals surface area contributed by atoms with E-state index in [0.29, 0.717) is 22.2 Å². The number of aryl methyl sites for hydroxylation is 1. The lowest BCUT2D eigenvalue weighted by Gasteiger charge is -2.10. The van der Waals surface area contributed by atoms with Crippen LogP contribution in [0.25, 0.3) is 0 Å². The molecule has 0 aliphatic carbocycles. The van der Waals surface area contributed by atoms with Crippen LogP contribution in [-0.4, -0.2) is 5.11 Å². The molecule has 17 heavy (non-hydrogen) atoms. The highest BCUT2D eigenvalue weighted by molar-refractivity contribution is 6.33. The van der Waals surface area contributed by atoms with Gasteiger partial charge in [0.1, 0.15) is 11.9 Å². The van der Waals surface area contributed by atoms with Crippen LogP contribution in [0.1, 0.15) is 23.0 Å². The molecular formula is C13H12Cl2O2. The van der Waals surface area contributed by atoms with Gasteiger partial charge >= 0.3 is 0 Å². The lowest BCUT2D eigenvalue weighted by molar-refractivity contribution is 0.149. The van der Waals surface area contributed by atoms with Gasteiger partial charge in [0.15, 0.2) is 0 Å². The Kier molecular flexibility index (Phi) is 3.77. The van der Waals surface area contributed by atoms with E-state index in [0.717, 1.165) is 11.1 Å². The Balaban J connectivity index is 2.21. The number of hydrogen-bond donors (Lipinski definition) is 1. The molecule has 2 nitrogen and oxygen atoms in total. The van der Waals surface area contributed by atoms with Crippen LogP contribution in [0.15, 0.2) is 34.9 Å². The van der Waals surface area contributed by atoms with Crippen LogP contribution < -0.4 is 0 Å². The van der Waals surface area contributed by atoms with Crippen LogP contribution in [0.3, 0.4) is 0 Å². The zero-order valence-corrected chi connectivity index (χ0v) is 10.8. The van der Waals surface area contributed by atoms with E-state index in [-0.39, 0.29) is 0 Å². The van der Waals surface area contributed by atoms with Gasteiger partial charge in [-0.1, -0.05) is 23.2 Å². The van der Waals surface area contributed by atoms with Crippen LogP contribution in [-0.2, 0) is 6.42 Å². The average Bonchev–Trinajstić information content (AvgIpc) is 2.70. The van der Waals surface area contributed by atoms with Crippen molar-refractivity contribution >= 4 is 23.2 Å². The van der Waals surface area contributed by atoms with E-state index in [1.165, 1.54) is 0 Å². The maximum atomic E-state index is 10.1. The van der Waals surface area contributed by atoms with Gasteiger partial charge in [0, 0.05) is 16.5 Å². The molecule has 0 saturated heterocycles. The highest BCUT2D eigenvalue weighted by Gasteiger charge is 2.16. The fourth-order valence-corrected chi connectivity index (χ4v) is 2.12. The van der Waals surface area contributed by atoms with Crippen molar-refractivity contribution in [2.75, 3.05) is 0 Å². The van der Waals surface area contributed by atoms with E-state index in [1.54, 1.807) is 24.5 Å². The molecule has 1 unspecified atom stereocenters. The Hall–Kier alpha value is -0.960. The molecule has 0 aliphatic heterocycles. The average molecular weight is 271 g/mol. The minimum atomic E-state index is -0.707. The van der Waals surface area contributed by atoms with Crippen molar-refractivity contribution in [2.45, 2.75) is 19.4 Å². The highest BCUT2D eigenvalue weighted by Crippen LogP contribution is 2.27. The SMILES string of the molecule is Cc1ccoc1C(O)Cc1cc(Cl)ccc1Cl.